The van der Waals surface area contributed by atoms with E-state index in [-0.39, 0.29) is 22.3 Å². The van der Waals surface area contributed by atoms with Crippen LogP contribution in [0.15, 0.2) is 106 Å². The van der Waals surface area contributed by atoms with Crippen molar-refractivity contribution >= 4 is 86.1 Å². The van der Waals surface area contributed by atoms with E-state index < -0.39 is 22.9 Å². The molecule has 0 aliphatic rings. The molecule has 214 valence electrons. The topological polar surface area (TPSA) is 87.3 Å². The largest absolute Gasteiger partial charge is 0.323 e. The maximum absolute atomic E-state index is 14.1. The Morgan fingerprint density at radius 1 is 0.905 bits per heavy atom. The van der Waals surface area contributed by atoms with Crippen molar-refractivity contribution in [1.82, 2.24) is 5.32 Å². The van der Waals surface area contributed by atoms with Gasteiger partial charge in [-0.25, -0.2) is 4.39 Å². The second kappa shape index (κ2) is 14.5. The third kappa shape index (κ3) is 8.45. The molecule has 42 heavy (non-hydrogen) atoms. The van der Waals surface area contributed by atoms with Gasteiger partial charge in [-0.05, 0) is 79.2 Å². The van der Waals surface area contributed by atoms with Gasteiger partial charge in [-0.3, -0.25) is 14.4 Å². The molecule has 4 rings (SSSR count). The van der Waals surface area contributed by atoms with Gasteiger partial charge in [-0.15, -0.1) is 11.8 Å². The fraction of sp³-hybridized carbons (Fsp3) is 0.0645. The Kier molecular flexibility index (Phi) is 10.8. The highest BCUT2D eigenvalue weighted by atomic mass is 79.9. The van der Waals surface area contributed by atoms with E-state index in [1.54, 1.807) is 85.8 Å². The van der Waals surface area contributed by atoms with Crippen molar-refractivity contribution in [3.63, 3.8) is 0 Å². The van der Waals surface area contributed by atoms with Crippen molar-refractivity contribution < 1.29 is 18.8 Å². The average molecular weight is 687 g/mol. The van der Waals surface area contributed by atoms with Crippen LogP contribution in [0.25, 0.3) is 6.08 Å². The van der Waals surface area contributed by atoms with E-state index in [1.165, 1.54) is 30.0 Å². The molecule has 0 heterocycles. The lowest BCUT2D eigenvalue weighted by atomic mass is 10.1. The lowest BCUT2D eigenvalue weighted by molar-refractivity contribution is -0.115. The monoisotopic (exact) mass is 685 g/mol. The summed E-state index contributed by atoms with van der Waals surface area (Å²) in [5.74, 6) is -1.96. The SMILES string of the molecule is CC(Sc1ccc(NC(=O)/C(=C/c2cccc(Cl)c2Cl)NC(=O)c2ccccc2)cc1)C(=O)Nc1ccc(Br)cc1F. The lowest BCUT2D eigenvalue weighted by Gasteiger charge is -2.14. The first-order valence-corrected chi connectivity index (χ1v) is 14.9. The first kappa shape index (κ1) is 31.3. The average Bonchev–Trinajstić information content (AvgIpc) is 2.97. The summed E-state index contributed by atoms with van der Waals surface area (Å²) in [6, 6.07) is 24.7. The molecule has 0 spiro atoms. The summed E-state index contributed by atoms with van der Waals surface area (Å²) < 4.78 is 14.7. The van der Waals surface area contributed by atoms with Gasteiger partial charge in [0.25, 0.3) is 11.8 Å². The number of halogens is 4. The second-order valence-electron chi connectivity index (χ2n) is 8.87. The van der Waals surface area contributed by atoms with E-state index >= 15 is 0 Å². The van der Waals surface area contributed by atoms with Crippen LogP contribution in [0.1, 0.15) is 22.8 Å². The smallest absolute Gasteiger partial charge is 0.272 e. The van der Waals surface area contributed by atoms with Crippen LogP contribution >= 0.6 is 50.9 Å². The molecule has 3 amide bonds. The number of carbonyl (C=O) groups excluding carboxylic acids is 3. The zero-order chi connectivity index (χ0) is 30.2. The number of hydrogen-bond acceptors (Lipinski definition) is 4. The minimum absolute atomic E-state index is 0.0445. The van der Waals surface area contributed by atoms with Crippen LogP contribution in [0, 0.1) is 5.82 Å². The fourth-order valence-corrected chi connectivity index (χ4v) is 5.19. The minimum atomic E-state index is -0.583. The molecule has 0 saturated carbocycles. The minimum Gasteiger partial charge on any atom is -0.323 e. The maximum atomic E-state index is 14.1. The molecule has 3 N–H and O–H groups in total. The van der Waals surface area contributed by atoms with Gasteiger partial charge in [0.1, 0.15) is 11.5 Å². The predicted molar refractivity (Wildman–Crippen MR) is 171 cm³/mol. The number of benzene rings is 4. The fourth-order valence-electron chi connectivity index (χ4n) is 3.63. The second-order valence-corrected chi connectivity index (χ2v) is 12.0. The Morgan fingerprint density at radius 3 is 2.31 bits per heavy atom. The van der Waals surface area contributed by atoms with Crippen molar-refractivity contribution in [2.45, 2.75) is 17.1 Å². The number of thioether (sulfide) groups is 1. The van der Waals surface area contributed by atoms with E-state index in [1.807, 2.05) is 0 Å². The Bertz CT molecular complexity index is 1650. The van der Waals surface area contributed by atoms with Gasteiger partial charge in [0.05, 0.1) is 21.0 Å². The Morgan fingerprint density at radius 2 is 1.62 bits per heavy atom. The number of nitrogens with one attached hydrogen (secondary N) is 3. The molecule has 0 aliphatic carbocycles. The first-order valence-electron chi connectivity index (χ1n) is 12.5. The molecule has 1 unspecified atom stereocenters. The van der Waals surface area contributed by atoms with Crippen LogP contribution in [0.4, 0.5) is 15.8 Å². The van der Waals surface area contributed by atoms with Crippen LogP contribution < -0.4 is 16.0 Å². The van der Waals surface area contributed by atoms with Crippen LogP contribution in [0.5, 0.6) is 0 Å². The number of hydrogen-bond donors (Lipinski definition) is 3. The summed E-state index contributed by atoms with van der Waals surface area (Å²) in [6.07, 6.45) is 1.45. The van der Waals surface area contributed by atoms with Gasteiger partial charge in [-0.1, -0.05) is 69.5 Å². The van der Waals surface area contributed by atoms with Crippen LogP contribution in [-0.2, 0) is 9.59 Å². The predicted octanol–water partition coefficient (Wildman–Crippen LogP) is 8.42. The number of rotatable bonds is 9. The molecular weight excluding hydrogens is 664 g/mol. The van der Waals surface area contributed by atoms with Crippen molar-refractivity contribution in [2.75, 3.05) is 10.6 Å². The standard InChI is InChI=1S/C31H23BrCl2FN3O3S/c1-18(29(39)37-26-15-10-21(32)17-25(26)35)42-23-13-11-22(12-14-23)36-31(41)27(16-20-8-5-9-24(33)28(20)34)38-30(40)19-6-3-2-4-7-19/h2-18H,1H3,(H,36,41)(H,37,39)(H,38,40)/b27-16-. The highest BCUT2D eigenvalue weighted by Gasteiger charge is 2.18. The molecule has 0 radical (unpaired) electrons. The molecule has 6 nitrogen and oxygen atoms in total. The summed E-state index contributed by atoms with van der Waals surface area (Å²) in [5, 5.41) is 8.03. The van der Waals surface area contributed by atoms with E-state index in [0.717, 1.165) is 4.90 Å². The Labute approximate surface area is 264 Å². The lowest BCUT2D eigenvalue weighted by Crippen LogP contribution is -2.30. The van der Waals surface area contributed by atoms with Crippen molar-refractivity contribution in [2.24, 2.45) is 0 Å². The Balaban J connectivity index is 1.45. The number of amides is 3. The zero-order valence-corrected chi connectivity index (χ0v) is 25.9. The maximum Gasteiger partial charge on any atom is 0.272 e. The van der Waals surface area contributed by atoms with Crippen LogP contribution in [-0.4, -0.2) is 23.0 Å². The molecule has 4 aromatic carbocycles. The highest BCUT2D eigenvalue weighted by Crippen LogP contribution is 2.29. The van der Waals surface area contributed by atoms with E-state index in [0.29, 0.717) is 26.3 Å². The van der Waals surface area contributed by atoms with Crippen LogP contribution in [0.3, 0.4) is 0 Å². The van der Waals surface area contributed by atoms with E-state index in [9.17, 15) is 18.8 Å². The van der Waals surface area contributed by atoms with Crippen molar-refractivity contribution in [1.29, 1.82) is 0 Å². The molecule has 1 atom stereocenters. The van der Waals surface area contributed by atoms with Gasteiger partial charge in [-0.2, -0.15) is 0 Å². The van der Waals surface area contributed by atoms with E-state index in [4.69, 9.17) is 23.2 Å². The highest BCUT2D eigenvalue weighted by molar-refractivity contribution is 9.10. The molecule has 0 bridgehead atoms. The normalized spacial score (nSPS) is 11.9. The first-order chi connectivity index (χ1) is 20.1. The summed E-state index contributed by atoms with van der Waals surface area (Å²) >= 11 is 16.9. The van der Waals surface area contributed by atoms with E-state index in [2.05, 4.69) is 31.9 Å². The van der Waals surface area contributed by atoms with Crippen LogP contribution in [0.2, 0.25) is 10.0 Å². The van der Waals surface area contributed by atoms with Gasteiger partial charge in [0, 0.05) is 20.6 Å². The third-order valence-electron chi connectivity index (χ3n) is 5.79. The summed E-state index contributed by atoms with van der Waals surface area (Å²) in [6.45, 7) is 1.71. The Hall–Kier alpha value is -3.63. The molecule has 0 saturated heterocycles. The molecular formula is C31H23BrCl2FN3O3S. The van der Waals surface area contributed by atoms with Gasteiger partial charge >= 0.3 is 0 Å². The molecule has 0 aliphatic heterocycles. The molecule has 11 heteroatoms. The van der Waals surface area contributed by atoms with Crippen molar-refractivity contribution in [3.05, 3.63) is 128 Å². The zero-order valence-electron chi connectivity index (χ0n) is 22.0. The number of carbonyl (C=O) groups is 3. The molecule has 4 aromatic rings. The molecule has 0 aromatic heterocycles. The summed E-state index contributed by atoms with van der Waals surface area (Å²) in [5.41, 5.74) is 1.32. The van der Waals surface area contributed by atoms with Gasteiger partial charge in [0.2, 0.25) is 5.91 Å². The van der Waals surface area contributed by atoms with Gasteiger partial charge < -0.3 is 16.0 Å². The van der Waals surface area contributed by atoms with Crippen molar-refractivity contribution in [3.8, 4) is 0 Å². The summed E-state index contributed by atoms with van der Waals surface area (Å²) in [7, 11) is 0. The third-order valence-corrected chi connectivity index (χ3v) is 8.23. The van der Waals surface area contributed by atoms with Gasteiger partial charge in [0.15, 0.2) is 0 Å². The number of anilines is 2. The molecule has 0 fully saturated rings. The quantitative estimate of drug-likeness (QED) is 0.122. The summed E-state index contributed by atoms with van der Waals surface area (Å²) in [4.78, 5) is 39.5.